The molecule has 17 heavy (non-hydrogen) atoms. The fourth-order valence-electron chi connectivity index (χ4n) is 1.46. The van der Waals surface area contributed by atoms with Crippen molar-refractivity contribution in [3.05, 3.63) is 48.4 Å². The number of hydrogen-bond donors (Lipinski definition) is 1. The van der Waals surface area contributed by atoms with E-state index < -0.39 is 0 Å². The summed E-state index contributed by atoms with van der Waals surface area (Å²) in [6.45, 7) is 0. The van der Waals surface area contributed by atoms with E-state index in [-0.39, 0.29) is 5.91 Å². The van der Waals surface area contributed by atoms with Crippen molar-refractivity contribution in [3.8, 4) is 0 Å². The Kier molecular flexibility index (Phi) is 3.14. The summed E-state index contributed by atoms with van der Waals surface area (Å²) < 4.78 is 4.87. The van der Waals surface area contributed by atoms with E-state index in [1.807, 2.05) is 43.3 Å². The molecule has 1 aromatic carbocycles. The van der Waals surface area contributed by atoms with Crippen molar-refractivity contribution in [2.75, 3.05) is 24.3 Å². The van der Waals surface area contributed by atoms with Crippen molar-refractivity contribution < 1.29 is 9.21 Å². The molecule has 0 saturated carbocycles. The van der Waals surface area contributed by atoms with E-state index in [9.17, 15) is 4.79 Å². The van der Waals surface area contributed by atoms with Crippen LogP contribution in [0.2, 0.25) is 0 Å². The third-order valence-electron chi connectivity index (χ3n) is 2.40. The van der Waals surface area contributed by atoms with Gasteiger partial charge in [0.15, 0.2) is 0 Å². The predicted octanol–water partition coefficient (Wildman–Crippen LogP) is 2.60. The molecule has 0 unspecified atom stereocenters. The summed E-state index contributed by atoms with van der Waals surface area (Å²) in [5.41, 5.74) is 2.32. The van der Waals surface area contributed by atoms with Gasteiger partial charge in [-0.25, -0.2) is 0 Å². The average Bonchev–Trinajstić information content (AvgIpc) is 2.82. The standard InChI is InChI=1S/C13H14N2O2/c1-15(2)12-5-3-4-11(8-12)14-13(16)10-6-7-17-9-10/h3-9H,1-2H3,(H,14,16). The average molecular weight is 230 g/mol. The third-order valence-corrected chi connectivity index (χ3v) is 2.40. The lowest BCUT2D eigenvalue weighted by Gasteiger charge is -2.13. The Morgan fingerprint density at radius 3 is 2.76 bits per heavy atom. The van der Waals surface area contributed by atoms with Crippen LogP contribution < -0.4 is 10.2 Å². The number of rotatable bonds is 3. The van der Waals surface area contributed by atoms with E-state index in [1.54, 1.807) is 6.07 Å². The Bertz CT molecular complexity index is 504. The molecular weight excluding hydrogens is 216 g/mol. The number of anilines is 2. The summed E-state index contributed by atoms with van der Waals surface area (Å²) in [6, 6.07) is 9.28. The minimum Gasteiger partial charge on any atom is -0.472 e. The Balaban J connectivity index is 2.14. The molecule has 1 N–H and O–H groups in total. The summed E-state index contributed by atoms with van der Waals surface area (Å²) in [6.07, 6.45) is 2.90. The fourth-order valence-corrected chi connectivity index (χ4v) is 1.46. The molecule has 0 radical (unpaired) electrons. The van der Waals surface area contributed by atoms with Crippen molar-refractivity contribution >= 4 is 17.3 Å². The first-order valence-electron chi connectivity index (χ1n) is 5.28. The van der Waals surface area contributed by atoms with Crippen LogP contribution in [0.3, 0.4) is 0 Å². The van der Waals surface area contributed by atoms with Crippen molar-refractivity contribution in [3.63, 3.8) is 0 Å². The van der Waals surface area contributed by atoms with E-state index in [0.717, 1.165) is 11.4 Å². The van der Waals surface area contributed by atoms with Crippen LogP contribution in [-0.4, -0.2) is 20.0 Å². The largest absolute Gasteiger partial charge is 0.472 e. The highest BCUT2D eigenvalue weighted by atomic mass is 16.3. The van der Waals surface area contributed by atoms with E-state index in [1.165, 1.54) is 12.5 Å². The molecule has 2 aromatic rings. The van der Waals surface area contributed by atoms with Gasteiger partial charge in [-0.05, 0) is 24.3 Å². The van der Waals surface area contributed by atoms with Crippen LogP contribution >= 0.6 is 0 Å². The SMILES string of the molecule is CN(C)c1cccc(NC(=O)c2ccoc2)c1. The Morgan fingerprint density at radius 1 is 1.29 bits per heavy atom. The summed E-state index contributed by atoms with van der Waals surface area (Å²) >= 11 is 0. The first kappa shape index (κ1) is 11.3. The molecule has 0 spiro atoms. The maximum Gasteiger partial charge on any atom is 0.258 e. The Hall–Kier alpha value is -2.23. The summed E-state index contributed by atoms with van der Waals surface area (Å²) in [5, 5.41) is 2.81. The molecule has 1 amide bonds. The normalized spacial score (nSPS) is 10.0. The molecule has 4 heteroatoms. The lowest BCUT2D eigenvalue weighted by atomic mass is 10.2. The van der Waals surface area contributed by atoms with Crippen molar-refractivity contribution in [1.29, 1.82) is 0 Å². The number of furan rings is 1. The maximum absolute atomic E-state index is 11.8. The molecule has 0 aliphatic carbocycles. The minimum absolute atomic E-state index is 0.172. The molecule has 1 aromatic heterocycles. The van der Waals surface area contributed by atoms with Crippen molar-refractivity contribution in [2.24, 2.45) is 0 Å². The highest BCUT2D eigenvalue weighted by molar-refractivity contribution is 6.04. The third kappa shape index (κ3) is 2.66. The first-order valence-corrected chi connectivity index (χ1v) is 5.28. The van der Waals surface area contributed by atoms with Crippen LogP contribution in [0.1, 0.15) is 10.4 Å². The van der Waals surface area contributed by atoms with Gasteiger partial charge in [0.2, 0.25) is 0 Å². The first-order chi connectivity index (χ1) is 8.16. The molecule has 88 valence electrons. The quantitative estimate of drug-likeness (QED) is 0.881. The molecule has 2 rings (SSSR count). The fraction of sp³-hybridized carbons (Fsp3) is 0.154. The van der Waals surface area contributed by atoms with Crippen molar-refractivity contribution in [2.45, 2.75) is 0 Å². The van der Waals surface area contributed by atoms with Gasteiger partial charge in [-0.3, -0.25) is 4.79 Å². The molecule has 0 aliphatic rings. The highest BCUT2D eigenvalue weighted by Crippen LogP contribution is 2.18. The second kappa shape index (κ2) is 4.74. The monoisotopic (exact) mass is 230 g/mol. The number of hydrogen-bond acceptors (Lipinski definition) is 3. The molecule has 1 heterocycles. The smallest absolute Gasteiger partial charge is 0.258 e. The van der Waals surface area contributed by atoms with Crippen LogP contribution in [0.5, 0.6) is 0 Å². The molecule has 4 nitrogen and oxygen atoms in total. The number of nitrogens with zero attached hydrogens (tertiary/aromatic N) is 1. The predicted molar refractivity (Wildman–Crippen MR) is 67.4 cm³/mol. The van der Waals surface area contributed by atoms with Crippen molar-refractivity contribution in [1.82, 2.24) is 0 Å². The summed E-state index contributed by atoms with van der Waals surface area (Å²) in [5.74, 6) is -0.172. The second-order valence-electron chi connectivity index (χ2n) is 3.91. The van der Waals surface area contributed by atoms with Gasteiger partial charge >= 0.3 is 0 Å². The van der Waals surface area contributed by atoms with Crippen LogP contribution in [0.25, 0.3) is 0 Å². The van der Waals surface area contributed by atoms with Crippen LogP contribution in [-0.2, 0) is 0 Å². The molecular formula is C13H14N2O2. The number of carbonyl (C=O) groups excluding carboxylic acids is 1. The van der Waals surface area contributed by atoms with Gasteiger partial charge in [-0.2, -0.15) is 0 Å². The van der Waals surface area contributed by atoms with Gasteiger partial charge in [-0.1, -0.05) is 6.07 Å². The zero-order chi connectivity index (χ0) is 12.3. The number of carbonyl (C=O) groups is 1. The second-order valence-corrected chi connectivity index (χ2v) is 3.91. The summed E-state index contributed by atoms with van der Waals surface area (Å²) in [4.78, 5) is 13.8. The van der Waals surface area contributed by atoms with E-state index in [4.69, 9.17) is 4.42 Å². The molecule has 0 saturated heterocycles. The topological polar surface area (TPSA) is 45.5 Å². The van der Waals surface area contributed by atoms with Gasteiger partial charge < -0.3 is 14.6 Å². The zero-order valence-corrected chi connectivity index (χ0v) is 9.81. The van der Waals surface area contributed by atoms with E-state index in [0.29, 0.717) is 5.56 Å². The van der Waals surface area contributed by atoms with Crippen LogP contribution in [0.4, 0.5) is 11.4 Å². The number of nitrogens with one attached hydrogen (secondary N) is 1. The Labute approximate surface area is 99.8 Å². The lowest BCUT2D eigenvalue weighted by molar-refractivity contribution is 0.102. The summed E-state index contributed by atoms with van der Waals surface area (Å²) in [7, 11) is 3.91. The van der Waals surface area contributed by atoms with Crippen LogP contribution in [0.15, 0.2) is 47.3 Å². The lowest BCUT2D eigenvalue weighted by Crippen LogP contribution is -2.12. The minimum atomic E-state index is -0.172. The van der Waals surface area contributed by atoms with Gasteiger partial charge in [0.05, 0.1) is 11.8 Å². The van der Waals surface area contributed by atoms with Gasteiger partial charge in [0.1, 0.15) is 6.26 Å². The van der Waals surface area contributed by atoms with E-state index >= 15 is 0 Å². The van der Waals surface area contributed by atoms with Crippen LogP contribution in [0, 0.1) is 0 Å². The van der Waals surface area contributed by atoms with Gasteiger partial charge in [0.25, 0.3) is 5.91 Å². The van der Waals surface area contributed by atoms with Gasteiger partial charge in [-0.15, -0.1) is 0 Å². The molecule has 0 bridgehead atoms. The Morgan fingerprint density at radius 2 is 2.12 bits per heavy atom. The molecule has 0 atom stereocenters. The van der Waals surface area contributed by atoms with Gasteiger partial charge in [0, 0.05) is 25.5 Å². The molecule has 0 aliphatic heterocycles. The number of amides is 1. The zero-order valence-electron chi connectivity index (χ0n) is 9.81. The maximum atomic E-state index is 11.8. The molecule has 0 fully saturated rings. The van der Waals surface area contributed by atoms with E-state index in [2.05, 4.69) is 5.32 Å². The number of benzene rings is 1. The highest BCUT2D eigenvalue weighted by Gasteiger charge is 2.07.